The fraction of sp³-hybridized carbons (Fsp3) is 0.417. The lowest BCUT2D eigenvalue weighted by atomic mass is 10.1. The van der Waals surface area contributed by atoms with Gasteiger partial charge in [0.05, 0.1) is 12.0 Å². The topological polar surface area (TPSA) is 29.1 Å². The van der Waals surface area contributed by atoms with Crippen molar-refractivity contribution in [3.63, 3.8) is 0 Å². The van der Waals surface area contributed by atoms with Crippen molar-refractivity contribution in [2.75, 3.05) is 0 Å². The Labute approximate surface area is 97.8 Å². The maximum Gasteiger partial charge on any atom is 0.416 e. The standard InChI is InChI=1S/C12H14F3NO/c1-8(2)16-11(17)7-9-3-5-10(6-4-9)12(13,14)15/h3-6,8H,7H2,1-2H3,(H,16,17). The molecule has 0 radical (unpaired) electrons. The van der Waals surface area contributed by atoms with Crippen LogP contribution in [0.2, 0.25) is 0 Å². The van der Waals surface area contributed by atoms with Crippen molar-refractivity contribution in [1.82, 2.24) is 5.32 Å². The normalized spacial score (nSPS) is 11.6. The van der Waals surface area contributed by atoms with E-state index in [1.54, 1.807) is 0 Å². The van der Waals surface area contributed by atoms with Crippen LogP contribution < -0.4 is 5.32 Å². The molecule has 17 heavy (non-hydrogen) atoms. The summed E-state index contributed by atoms with van der Waals surface area (Å²) in [6, 6.07) is 4.64. The summed E-state index contributed by atoms with van der Waals surface area (Å²) in [5, 5.41) is 2.67. The third-order valence-corrected chi connectivity index (χ3v) is 2.10. The molecular formula is C12H14F3NO. The molecular weight excluding hydrogens is 231 g/mol. The molecule has 2 nitrogen and oxygen atoms in total. The first-order chi connectivity index (χ1) is 7.79. The molecule has 0 fully saturated rings. The zero-order chi connectivity index (χ0) is 13.1. The Morgan fingerprint density at radius 1 is 1.24 bits per heavy atom. The molecule has 0 atom stereocenters. The number of carbonyl (C=O) groups excluding carboxylic acids is 1. The van der Waals surface area contributed by atoms with E-state index in [1.807, 2.05) is 13.8 Å². The van der Waals surface area contributed by atoms with Crippen LogP contribution in [0.3, 0.4) is 0 Å². The number of halogens is 3. The average Bonchev–Trinajstić information content (AvgIpc) is 2.15. The number of benzene rings is 1. The van der Waals surface area contributed by atoms with E-state index in [9.17, 15) is 18.0 Å². The molecule has 5 heteroatoms. The first-order valence-electron chi connectivity index (χ1n) is 5.24. The zero-order valence-electron chi connectivity index (χ0n) is 9.64. The first-order valence-corrected chi connectivity index (χ1v) is 5.24. The number of carbonyl (C=O) groups is 1. The van der Waals surface area contributed by atoms with Gasteiger partial charge in [-0.15, -0.1) is 0 Å². The van der Waals surface area contributed by atoms with Crippen molar-refractivity contribution in [3.05, 3.63) is 35.4 Å². The molecule has 0 aliphatic carbocycles. The van der Waals surface area contributed by atoms with Gasteiger partial charge in [0.15, 0.2) is 0 Å². The third kappa shape index (κ3) is 4.46. The highest BCUT2D eigenvalue weighted by molar-refractivity contribution is 5.78. The minimum absolute atomic E-state index is 0.0250. The summed E-state index contributed by atoms with van der Waals surface area (Å²) >= 11 is 0. The third-order valence-electron chi connectivity index (χ3n) is 2.10. The van der Waals surface area contributed by atoms with Crippen LogP contribution in [-0.4, -0.2) is 11.9 Å². The maximum absolute atomic E-state index is 12.3. The monoisotopic (exact) mass is 245 g/mol. The molecule has 1 amide bonds. The predicted octanol–water partition coefficient (Wildman–Crippen LogP) is 2.77. The van der Waals surface area contributed by atoms with Crippen LogP contribution in [0.1, 0.15) is 25.0 Å². The molecule has 0 aliphatic heterocycles. The molecule has 1 rings (SSSR count). The summed E-state index contributed by atoms with van der Waals surface area (Å²) in [5.74, 6) is -0.195. The van der Waals surface area contributed by atoms with Gasteiger partial charge in [0.2, 0.25) is 5.91 Å². The first kappa shape index (κ1) is 13.5. The van der Waals surface area contributed by atoms with Gasteiger partial charge in [0, 0.05) is 6.04 Å². The van der Waals surface area contributed by atoms with Crippen molar-refractivity contribution in [2.24, 2.45) is 0 Å². The van der Waals surface area contributed by atoms with Crippen LogP contribution in [0.25, 0.3) is 0 Å². The van der Waals surface area contributed by atoms with E-state index in [2.05, 4.69) is 5.32 Å². The van der Waals surface area contributed by atoms with Crippen LogP contribution in [0, 0.1) is 0 Å². The maximum atomic E-state index is 12.3. The fourth-order valence-electron chi connectivity index (χ4n) is 1.37. The van der Waals surface area contributed by atoms with Gasteiger partial charge in [-0.2, -0.15) is 13.2 Å². The van der Waals surface area contributed by atoms with Gasteiger partial charge in [-0.1, -0.05) is 12.1 Å². The van der Waals surface area contributed by atoms with E-state index in [0.29, 0.717) is 5.56 Å². The van der Waals surface area contributed by atoms with E-state index in [-0.39, 0.29) is 18.4 Å². The highest BCUT2D eigenvalue weighted by Crippen LogP contribution is 2.29. The number of nitrogens with one attached hydrogen (secondary N) is 1. The Balaban J connectivity index is 2.66. The summed E-state index contributed by atoms with van der Waals surface area (Å²) in [5.41, 5.74) is -0.137. The molecule has 1 aromatic rings. The van der Waals surface area contributed by atoms with Crippen LogP contribution in [-0.2, 0) is 17.4 Å². The summed E-state index contributed by atoms with van der Waals surface area (Å²) < 4.78 is 36.8. The average molecular weight is 245 g/mol. The predicted molar refractivity (Wildman–Crippen MR) is 58.4 cm³/mol. The lowest BCUT2D eigenvalue weighted by molar-refractivity contribution is -0.137. The van der Waals surface area contributed by atoms with Crippen LogP contribution in [0.15, 0.2) is 24.3 Å². The van der Waals surface area contributed by atoms with Gasteiger partial charge in [0.1, 0.15) is 0 Å². The molecule has 1 aromatic carbocycles. The molecule has 0 unspecified atom stereocenters. The number of amides is 1. The smallest absolute Gasteiger partial charge is 0.354 e. The molecule has 0 bridgehead atoms. The van der Waals surface area contributed by atoms with Crippen molar-refractivity contribution >= 4 is 5.91 Å². The van der Waals surface area contributed by atoms with Crippen molar-refractivity contribution < 1.29 is 18.0 Å². The molecule has 0 saturated carbocycles. The van der Waals surface area contributed by atoms with Gasteiger partial charge in [-0.25, -0.2) is 0 Å². The Morgan fingerprint density at radius 3 is 2.18 bits per heavy atom. The van der Waals surface area contributed by atoms with Crippen molar-refractivity contribution in [3.8, 4) is 0 Å². The van der Waals surface area contributed by atoms with Crippen molar-refractivity contribution in [2.45, 2.75) is 32.5 Å². The lowest BCUT2D eigenvalue weighted by Gasteiger charge is -2.09. The minimum Gasteiger partial charge on any atom is -0.354 e. The molecule has 1 N–H and O–H groups in total. The Bertz CT molecular complexity index is 382. The summed E-state index contributed by atoms with van der Waals surface area (Å²) in [6.45, 7) is 3.65. The van der Waals surface area contributed by atoms with E-state index in [0.717, 1.165) is 12.1 Å². The van der Waals surface area contributed by atoms with Gasteiger partial charge in [-0.3, -0.25) is 4.79 Å². The molecule has 0 spiro atoms. The highest BCUT2D eigenvalue weighted by atomic mass is 19.4. The van der Waals surface area contributed by atoms with E-state index >= 15 is 0 Å². The second-order valence-electron chi connectivity index (χ2n) is 4.09. The minimum atomic E-state index is -4.33. The molecule has 0 heterocycles. The number of hydrogen-bond donors (Lipinski definition) is 1. The highest BCUT2D eigenvalue weighted by Gasteiger charge is 2.29. The largest absolute Gasteiger partial charge is 0.416 e. The number of alkyl halides is 3. The van der Waals surface area contributed by atoms with Gasteiger partial charge < -0.3 is 5.32 Å². The SMILES string of the molecule is CC(C)NC(=O)Cc1ccc(C(F)(F)F)cc1. The lowest BCUT2D eigenvalue weighted by Crippen LogP contribution is -2.31. The van der Waals surface area contributed by atoms with Crippen LogP contribution in [0.5, 0.6) is 0 Å². The van der Waals surface area contributed by atoms with Gasteiger partial charge >= 0.3 is 6.18 Å². The molecule has 0 saturated heterocycles. The zero-order valence-corrected chi connectivity index (χ0v) is 9.64. The van der Waals surface area contributed by atoms with E-state index in [1.165, 1.54) is 12.1 Å². The Hall–Kier alpha value is -1.52. The van der Waals surface area contributed by atoms with E-state index in [4.69, 9.17) is 0 Å². The second kappa shape index (κ2) is 5.21. The van der Waals surface area contributed by atoms with Gasteiger partial charge in [-0.05, 0) is 31.5 Å². The number of rotatable bonds is 3. The molecule has 0 aromatic heterocycles. The quantitative estimate of drug-likeness (QED) is 0.871. The fourth-order valence-corrected chi connectivity index (χ4v) is 1.37. The molecule has 94 valence electrons. The van der Waals surface area contributed by atoms with E-state index < -0.39 is 11.7 Å². The summed E-state index contributed by atoms with van der Waals surface area (Å²) in [4.78, 5) is 11.4. The van der Waals surface area contributed by atoms with Gasteiger partial charge in [0.25, 0.3) is 0 Å². The van der Waals surface area contributed by atoms with Crippen LogP contribution >= 0.6 is 0 Å². The summed E-state index contributed by atoms with van der Waals surface area (Å²) in [7, 11) is 0. The van der Waals surface area contributed by atoms with Crippen LogP contribution in [0.4, 0.5) is 13.2 Å². The Kier molecular flexibility index (Phi) is 4.15. The van der Waals surface area contributed by atoms with Crippen molar-refractivity contribution in [1.29, 1.82) is 0 Å². The summed E-state index contributed by atoms with van der Waals surface area (Å²) in [6.07, 6.45) is -4.24. The molecule has 0 aliphatic rings. The Morgan fingerprint density at radius 2 is 1.76 bits per heavy atom. The second-order valence-corrected chi connectivity index (χ2v) is 4.09. The number of hydrogen-bond acceptors (Lipinski definition) is 1.